The van der Waals surface area contributed by atoms with Crippen molar-refractivity contribution in [3.63, 3.8) is 0 Å². The van der Waals surface area contributed by atoms with E-state index in [1.165, 1.54) is 16.4 Å². The van der Waals surface area contributed by atoms with Gasteiger partial charge in [-0.1, -0.05) is 6.07 Å². The molecule has 2 unspecified atom stereocenters. The quantitative estimate of drug-likeness (QED) is 0.891. The summed E-state index contributed by atoms with van der Waals surface area (Å²) in [5.74, 6) is 2.52. The van der Waals surface area contributed by atoms with E-state index < -0.39 is 0 Å². The summed E-state index contributed by atoms with van der Waals surface area (Å²) in [5, 5.41) is 5.75. The van der Waals surface area contributed by atoms with Crippen LogP contribution in [0.25, 0.3) is 0 Å². The third-order valence-corrected chi connectivity index (χ3v) is 5.30. The smallest absolute Gasteiger partial charge is 0.0410 e. The van der Waals surface area contributed by atoms with Crippen molar-refractivity contribution in [1.29, 1.82) is 0 Å². The van der Waals surface area contributed by atoms with Crippen LogP contribution in [0.15, 0.2) is 17.5 Å². The number of likely N-dealkylation sites (N-methyl/N-ethyl adjacent to an activating group) is 1. The number of rotatable bonds is 4. The second-order valence-electron chi connectivity index (χ2n) is 4.36. The van der Waals surface area contributed by atoms with Crippen molar-refractivity contribution in [3.05, 3.63) is 22.4 Å². The monoisotopic (exact) mass is 256 g/mol. The molecule has 1 aliphatic heterocycles. The van der Waals surface area contributed by atoms with E-state index in [-0.39, 0.29) is 0 Å². The van der Waals surface area contributed by atoms with E-state index >= 15 is 0 Å². The third-order valence-electron chi connectivity index (χ3n) is 3.12. The van der Waals surface area contributed by atoms with Crippen LogP contribution in [0.2, 0.25) is 0 Å². The standard InChI is InChI=1S/C12H20N2S2/c1-10(12-4-3-6-16-12)14(2)8-11-9-15-7-5-13-11/h3-4,6,10-11,13H,5,7-9H2,1-2H3. The summed E-state index contributed by atoms with van der Waals surface area (Å²) in [5.41, 5.74) is 0. The van der Waals surface area contributed by atoms with Gasteiger partial charge in [-0.2, -0.15) is 11.8 Å². The minimum absolute atomic E-state index is 0.536. The number of hydrogen-bond acceptors (Lipinski definition) is 4. The van der Waals surface area contributed by atoms with Gasteiger partial charge in [0.1, 0.15) is 0 Å². The van der Waals surface area contributed by atoms with Crippen LogP contribution >= 0.6 is 23.1 Å². The lowest BCUT2D eigenvalue weighted by atomic mass is 10.2. The zero-order valence-electron chi connectivity index (χ0n) is 9.98. The molecular formula is C12H20N2S2. The Kier molecular flexibility index (Phi) is 4.70. The first-order valence-corrected chi connectivity index (χ1v) is 7.85. The van der Waals surface area contributed by atoms with Crippen LogP contribution in [0.4, 0.5) is 0 Å². The first-order valence-electron chi connectivity index (χ1n) is 5.82. The fourth-order valence-corrected chi connectivity index (χ4v) is 3.77. The van der Waals surface area contributed by atoms with Crippen molar-refractivity contribution in [2.75, 3.05) is 31.6 Å². The van der Waals surface area contributed by atoms with Crippen LogP contribution < -0.4 is 5.32 Å². The maximum absolute atomic E-state index is 3.59. The molecule has 2 nitrogen and oxygen atoms in total. The lowest BCUT2D eigenvalue weighted by Crippen LogP contribution is -2.45. The van der Waals surface area contributed by atoms with Crippen LogP contribution in [0.3, 0.4) is 0 Å². The molecule has 0 aliphatic carbocycles. The predicted octanol–water partition coefficient (Wildman–Crippen LogP) is 2.45. The van der Waals surface area contributed by atoms with E-state index in [9.17, 15) is 0 Å². The van der Waals surface area contributed by atoms with E-state index in [2.05, 4.69) is 53.5 Å². The lowest BCUT2D eigenvalue weighted by molar-refractivity contribution is 0.240. The Hall–Kier alpha value is -0.0300. The van der Waals surface area contributed by atoms with Gasteiger partial charge in [-0.3, -0.25) is 4.90 Å². The molecule has 2 rings (SSSR count). The van der Waals surface area contributed by atoms with E-state index in [0.29, 0.717) is 12.1 Å². The molecule has 1 N–H and O–H groups in total. The largest absolute Gasteiger partial charge is 0.311 e. The summed E-state index contributed by atoms with van der Waals surface area (Å²) in [7, 11) is 2.23. The van der Waals surface area contributed by atoms with Gasteiger partial charge in [0.15, 0.2) is 0 Å². The molecule has 0 amide bonds. The zero-order chi connectivity index (χ0) is 11.4. The minimum atomic E-state index is 0.536. The molecule has 2 atom stereocenters. The zero-order valence-corrected chi connectivity index (χ0v) is 11.6. The molecule has 2 heterocycles. The number of thiophene rings is 1. The van der Waals surface area contributed by atoms with Crippen molar-refractivity contribution in [3.8, 4) is 0 Å². The fourth-order valence-electron chi connectivity index (χ4n) is 1.99. The van der Waals surface area contributed by atoms with Gasteiger partial charge < -0.3 is 5.32 Å². The van der Waals surface area contributed by atoms with Gasteiger partial charge in [-0.15, -0.1) is 11.3 Å². The topological polar surface area (TPSA) is 15.3 Å². The van der Waals surface area contributed by atoms with E-state index in [0.717, 1.165) is 13.1 Å². The Morgan fingerprint density at radius 2 is 2.50 bits per heavy atom. The molecule has 4 heteroatoms. The first kappa shape index (κ1) is 12.4. The van der Waals surface area contributed by atoms with E-state index in [1.807, 2.05) is 11.3 Å². The van der Waals surface area contributed by atoms with Crippen LogP contribution in [-0.4, -0.2) is 42.6 Å². The molecule has 1 aromatic rings. The van der Waals surface area contributed by atoms with Crippen molar-refractivity contribution in [1.82, 2.24) is 10.2 Å². The van der Waals surface area contributed by atoms with Crippen molar-refractivity contribution >= 4 is 23.1 Å². The molecule has 0 saturated carbocycles. The van der Waals surface area contributed by atoms with Crippen molar-refractivity contribution < 1.29 is 0 Å². The summed E-state index contributed by atoms with van der Waals surface area (Å²) in [6.07, 6.45) is 0. The highest BCUT2D eigenvalue weighted by atomic mass is 32.2. The molecular weight excluding hydrogens is 236 g/mol. The summed E-state index contributed by atoms with van der Waals surface area (Å²) in [4.78, 5) is 3.92. The van der Waals surface area contributed by atoms with Crippen LogP contribution in [0, 0.1) is 0 Å². The Morgan fingerprint density at radius 3 is 3.12 bits per heavy atom. The molecule has 90 valence electrons. The van der Waals surface area contributed by atoms with E-state index in [1.54, 1.807) is 0 Å². The highest BCUT2D eigenvalue weighted by Gasteiger charge is 2.19. The molecule has 1 aromatic heterocycles. The Morgan fingerprint density at radius 1 is 1.62 bits per heavy atom. The van der Waals surface area contributed by atoms with Gasteiger partial charge in [0.2, 0.25) is 0 Å². The Balaban J connectivity index is 1.84. The third kappa shape index (κ3) is 3.23. The molecule has 0 spiro atoms. The van der Waals surface area contributed by atoms with Crippen LogP contribution in [-0.2, 0) is 0 Å². The summed E-state index contributed by atoms with van der Waals surface area (Å²) in [6.45, 7) is 4.60. The number of nitrogens with zero attached hydrogens (tertiary/aromatic N) is 1. The van der Waals surface area contributed by atoms with E-state index in [4.69, 9.17) is 0 Å². The lowest BCUT2D eigenvalue weighted by Gasteiger charge is -2.31. The average molecular weight is 256 g/mol. The first-order chi connectivity index (χ1) is 7.77. The summed E-state index contributed by atoms with van der Waals surface area (Å²) in [6, 6.07) is 5.56. The maximum atomic E-state index is 3.59. The second kappa shape index (κ2) is 6.05. The molecule has 1 saturated heterocycles. The van der Waals surface area contributed by atoms with Gasteiger partial charge in [-0.25, -0.2) is 0 Å². The highest BCUT2D eigenvalue weighted by Crippen LogP contribution is 2.23. The van der Waals surface area contributed by atoms with Gasteiger partial charge in [-0.05, 0) is 25.4 Å². The maximum Gasteiger partial charge on any atom is 0.0410 e. The minimum Gasteiger partial charge on any atom is -0.311 e. The van der Waals surface area contributed by atoms with Gasteiger partial charge in [0, 0.05) is 41.6 Å². The van der Waals surface area contributed by atoms with Crippen LogP contribution in [0.5, 0.6) is 0 Å². The molecule has 16 heavy (non-hydrogen) atoms. The second-order valence-corrected chi connectivity index (χ2v) is 6.49. The van der Waals surface area contributed by atoms with Crippen molar-refractivity contribution in [2.24, 2.45) is 0 Å². The summed E-state index contributed by atoms with van der Waals surface area (Å²) >= 11 is 3.92. The van der Waals surface area contributed by atoms with Gasteiger partial charge in [0.05, 0.1) is 0 Å². The summed E-state index contributed by atoms with van der Waals surface area (Å²) < 4.78 is 0. The molecule has 0 bridgehead atoms. The molecule has 1 aliphatic rings. The highest BCUT2D eigenvalue weighted by molar-refractivity contribution is 7.99. The molecule has 0 radical (unpaired) electrons. The molecule has 1 fully saturated rings. The van der Waals surface area contributed by atoms with Gasteiger partial charge >= 0.3 is 0 Å². The van der Waals surface area contributed by atoms with Crippen molar-refractivity contribution in [2.45, 2.75) is 19.0 Å². The fraction of sp³-hybridized carbons (Fsp3) is 0.667. The SMILES string of the molecule is CC(c1cccs1)N(C)CC1CSCCN1. The normalized spacial score (nSPS) is 23.6. The number of hydrogen-bond donors (Lipinski definition) is 1. The molecule has 0 aromatic carbocycles. The van der Waals surface area contributed by atoms with Gasteiger partial charge in [0.25, 0.3) is 0 Å². The predicted molar refractivity (Wildman–Crippen MR) is 74.5 cm³/mol. The number of thioether (sulfide) groups is 1. The Labute approximate surface area is 106 Å². The number of nitrogens with one attached hydrogen (secondary N) is 1. The van der Waals surface area contributed by atoms with Crippen LogP contribution in [0.1, 0.15) is 17.8 Å². The Bertz CT molecular complexity index is 294. The average Bonchev–Trinajstić information content (AvgIpc) is 2.83.